The van der Waals surface area contributed by atoms with Gasteiger partial charge in [0.1, 0.15) is 0 Å². The van der Waals surface area contributed by atoms with Gasteiger partial charge in [-0.25, -0.2) is 0 Å². The zero-order valence-corrected chi connectivity index (χ0v) is 11.0. The second-order valence-corrected chi connectivity index (χ2v) is 5.52. The number of nitrogens with one attached hydrogen (secondary N) is 1. The van der Waals surface area contributed by atoms with Gasteiger partial charge in [0, 0.05) is 28.1 Å². The van der Waals surface area contributed by atoms with Crippen molar-refractivity contribution in [3.05, 3.63) is 35.0 Å². The highest BCUT2D eigenvalue weighted by Crippen LogP contribution is 2.32. The highest BCUT2D eigenvalue weighted by Gasteiger charge is 2.27. The van der Waals surface area contributed by atoms with Gasteiger partial charge in [-0.3, -0.25) is 4.79 Å². The van der Waals surface area contributed by atoms with E-state index in [4.69, 9.17) is 0 Å². The number of aromatic amines is 1. The summed E-state index contributed by atoms with van der Waals surface area (Å²) in [6.45, 7) is 4.09. The van der Waals surface area contributed by atoms with Gasteiger partial charge in [0.2, 0.25) is 0 Å². The van der Waals surface area contributed by atoms with Crippen LogP contribution in [0.5, 0.6) is 0 Å². The van der Waals surface area contributed by atoms with Crippen LogP contribution in [-0.2, 0) is 0 Å². The lowest BCUT2D eigenvalue weighted by Crippen LogP contribution is -2.11. The Bertz CT molecular complexity index is 603. The molecular formula is C16H19NO. The lowest BCUT2D eigenvalue weighted by atomic mass is 9.94. The third kappa shape index (κ3) is 1.76. The molecule has 1 aliphatic rings. The van der Waals surface area contributed by atoms with E-state index in [9.17, 15) is 4.79 Å². The summed E-state index contributed by atoms with van der Waals surface area (Å²) in [5.41, 5.74) is 4.24. The van der Waals surface area contributed by atoms with Gasteiger partial charge in [0.05, 0.1) is 0 Å². The quantitative estimate of drug-likeness (QED) is 0.787. The maximum atomic E-state index is 12.6. The molecule has 2 nitrogen and oxygen atoms in total. The van der Waals surface area contributed by atoms with Crippen LogP contribution in [0.3, 0.4) is 0 Å². The summed E-state index contributed by atoms with van der Waals surface area (Å²) in [6, 6.07) is 6.28. The minimum absolute atomic E-state index is 0.253. The number of benzene rings is 1. The van der Waals surface area contributed by atoms with Crippen molar-refractivity contribution in [1.82, 2.24) is 4.98 Å². The second kappa shape index (κ2) is 4.27. The van der Waals surface area contributed by atoms with E-state index in [2.05, 4.69) is 30.1 Å². The first kappa shape index (κ1) is 11.5. The molecule has 1 heterocycles. The first-order valence-corrected chi connectivity index (χ1v) is 6.80. The van der Waals surface area contributed by atoms with Crippen molar-refractivity contribution in [3.8, 4) is 0 Å². The van der Waals surface area contributed by atoms with Crippen molar-refractivity contribution in [2.75, 3.05) is 0 Å². The number of rotatable bonds is 2. The Labute approximate surface area is 107 Å². The minimum Gasteiger partial charge on any atom is -0.358 e. The van der Waals surface area contributed by atoms with Crippen molar-refractivity contribution in [3.63, 3.8) is 0 Å². The number of carbonyl (C=O) groups excluding carboxylic acids is 1. The van der Waals surface area contributed by atoms with Crippen LogP contribution in [0, 0.1) is 19.8 Å². The van der Waals surface area contributed by atoms with Gasteiger partial charge >= 0.3 is 0 Å². The minimum atomic E-state index is 0.253. The molecule has 94 valence electrons. The first-order chi connectivity index (χ1) is 8.66. The van der Waals surface area contributed by atoms with Gasteiger partial charge in [-0.1, -0.05) is 24.5 Å². The molecule has 0 radical (unpaired) electrons. The average molecular weight is 241 g/mol. The summed E-state index contributed by atoms with van der Waals surface area (Å²) in [5, 5.41) is 1.10. The Morgan fingerprint density at radius 3 is 2.67 bits per heavy atom. The molecule has 0 bridgehead atoms. The van der Waals surface area contributed by atoms with Crippen LogP contribution in [0.15, 0.2) is 18.2 Å². The van der Waals surface area contributed by atoms with E-state index in [1.165, 1.54) is 18.4 Å². The Hall–Kier alpha value is -1.57. The van der Waals surface area contributed by atoms with E-state index < -0.39 is 0 Å². The number of carbonyl (C=O) groups is 1. The van der Waals surface area contributed by atoms with Gasteiger partial charge in [0.15, 0.2) is 5.78 Å². The average Bonchev–Trinajstić information content (AvgIpc) is 2.94. The summed E-state index contributed by atoms with van der Waals surface area (Å²) in [7, 11) is 0. The Balaban J connectivity index is 2.12. The number of aryl methyl sites for hydroxylation is 2. The SMILES string of the molecule is Cc1ccc2[nH]c(C)c(C(=O)C3CCCC3)c2c1. The van der Waals surface area contributed by atoms with Crippen LogP contribution in [0.4, 0.5) is 0 Å². The summed E-state index contributed by atoms with van der Waals surface area (Å²) in [6.07, 6.45) is 4.54. The fourth-order valence-electron chi connectivity index (χ4n) is 3.15. The molecule has 0 aliphatic heterocycles. The predicted octanol–water partition coefficient (Wildman–Crippen LogP) is 4.16. The largest absolute Gasteiger partial charge is 0.358 e. The molecule has 1 saturated carbocycles. The number of Topliss-reactive ketones (excluding diaryl/α,β-unsaturated/α-hetero) is 1. The Morgan fingerprint density at radius 2 is 1.94 bits per heavy atom. The molecule has 1 fully saturated rings. The number of hydrogen-bond donors (Lipinski definition) is 1. The fourth-order valence-corrected chi connectivity index (χ4v) is 3.15. The van der Waals surface area contributed by atoms with E-state index in [-0.39, 0.29) is 5.92 Å². The number of aromatic nitrogens is 1. The third-order valence-electron chi connectivity index (χ3n) is 4.11. The monoisotopic (exact) mass is 241 g/mol. The Kier molecular flexibility index (Phi) is 2.73. The second-order valence-electron chi connectivity index (χ2n) is 5.52. The number of ketones is 1. The van der Waals surface area contributed by atoms with Crippen molar-refractivity contribution in [1.29, 1.82) is 0 Å². The summed E-state index contributed by atoms with van der Waals surface area (Å²) in [5.74, 6) is 0.602. The van der Waals surface area contributed by atoms with Crippen LogP contribution in [0.1, 0.15) is 47.3 Å². The van der Waals surface area contributed by atoms with Gasteiger partial charge < -0.3 is 4.98 Å². The molecule has 0 saturated heterocycles. The highest BCUT2D eigenvalue weighted by molar-refractivity contribution is 6.10. The van der Waals surface area contributed by atoms with Crippen molar-refractivity contribution in [2.24, 2.45) is 5.92 Å². The normalized spacial score (nSPS) is 16.6. The molecule has 0 amide bonds. The molecular weight excluding hydrogens is 222 g/mol. The molecule has 0 unspecified atom stereocenters. The maximum Gasteiger partial charge on any atom is 0.168 e. The van der Waals surface area contributed by atoms with Crippen molar-refractivity contribution < 1.29 is 4.79 Å². The molecule has 1 aromatic carbocycles. The molecule has 2 aromatic rings. The number of fused-ring (bicyclic) bond motifs is 1. The van der Waals surface area contributed by atoms with Crippen LogP contribution in [-0.4, -0.2) is 10.8 Å². The van der Waals surface area contributed by atoms with Gasteiger partial charge in [-0.05, 0) is 38.8 Å². The number of hydrogen-bond acceptors (Lipinski definition) is 1. The van der Waals surface area contributed by atoms with E-state index in [0.29, 0.717) is 5.78 Å². The molecule has 2 heteroatoms. The summed E-state index contributed by atoms with van der Waals surface area (Å²) >= 11 is 0. The molecule has 0 atom stereocenters. The summed E-state index contributed by atoms with van der Waals surface area (Å²) in [4.78, 5) is 16.0. The molecule has 1 N–H and O–H groups in total. The topological polar surface area (TPSA) is 32.9 Å². The standard InChI is InChI=1S/C16H19NO/c1-10-7-8-14-13(9-10)15(11(2)17-14)16(18)12-5-3-4-6-12/h7-9,12,17H,3-6H2,1-2H3. The molecule has 1 aliphatic carbocycles. The zero-order valence-electron chi connectivity index (χ0n) is 11.0. The van der Waals surface area contributed by atoms with Crippen molar-refractivity contribution in [2.45, 2.75) is 39.5 Å². The van der Waals surface area contributed by atoms with Crippen molar-refractivity contribution >= 4 is 16.7 Å². The van der Waals surface area contributed by atoms with Crippen LogP contribution >= 0.6 is 0 Å². The van der Waals surface area contributed by atoms with E-state index >= 15 is 0 Å². The van der Waals surface area contributed by atoms with E-state index in [0.717, 1.165) is 35.0 Å². The predicted molar refractivity (Wildman–Crippen MR) is 74.1 cm³/mol. The smallest absolute Gasteiger partial charge is 0.168 e. The zero-order chi connectivity index (χ0) is 12.7. The molecule has 1 aromatic heterocycles. The van der Waals surface area contributed by atoms with Crippen LogP contribution in [0.2, 0.25) is 0 Å². The van der Waals surface area contributed by atoms with Crippen LogP contribution in [0.25, 0.3) is 10.9 Å². The van der Waals surface area contributed by atoms with Gasteiger partial charge in [-0.2, -0.15) is 0 Å². The lowest BCUT2D eigenvalue weighted by Gasteiger charge is -2.08. The van der Waals surface area contributed by atoms with Gasteiger partial charge in [-0.15, -0.1) is 0 Å². The maximum absolute atomic E-state index is 12.6. The number of H-pyrrole nitrogens is 1. The molecule has 3 rings (SSSR count). The molecule has 18 heavy (non-hydrogen) atoms. The Morgan fingerprint density at radius 1 is 1.22 bits per heavy atom. The molecule has 0 spiro atoms. The summed E-state index contributed by atoms with van der Waals surface area (Å²) < 4.78 is 0. The van der Waals surface area contributed by atoms with E-state index in [1.54, 1.807) is 0 Å². The first-order valence-electron chi connectivity index (χ1n) is 6.80. The lowest BCUT2D eigenvalue weighted by molar-refractivity contribution is 0.0924. The van der Waals surface area contributed by atoms with Gasteiger partial charge in [0.25, 0.3) is 0 Å². The van der Waals surface area contributed by atoms with Crippen LogP contribution < -0.4 is 0 Å². The van der Waals surface area contributed by atoms with E-state index in [1.807, 2.05) is 6.92 Å². The fraction of sp³-hybridized carbons (Fsp3) is 0.438. The third-order valence-corrected chi connectivity index (χ3v) is 4.11. The highest BCUT2D eigenvalue weighted by atomic mass is 16.1.